The SMILES string of the molecule is Cc1c(Nc2nc(C(F)F)nc3cc(CC4CC[C@@H](O)C4)cnc23)cccc1-c1cccc(-c2nc3cc(CN4CCC(C(=O)O)CC4)cc(C#N)c3o2)c1C. The highest BCUT2D eigenvalue weighted by Gasteiger charge is 2.26. The molecule has 1 aliphatic heterocycles. The van der Waals surface area contributed by atoms with Crippen LogP contribution in [0.25, 0.3) is 44.7 Å². The van der Waals surface area contributed by atoms with Crippen molar-refractivity contribution in [3.8, 4) is 28.7 Å². The van der Waals surface area contributed by atoms with Crippen molar-refractivity contribution in [3.05, 3.63) is 94.4 Å². The Morgan fingerprint density at radius 1 is 0.964 bits per heavy atom. The number of hydrogen-bond donors (Lipinski definition) is 3. The highest BCUT2D eigenvalue weighted by Crippen LogP contribution is 2.38. The van der Waals surface area contributed by atoms with Crippen molar-refractivity contribution in [2.24, 2.45) is 11.8 Å². The summed E-state index contributed by atoms with van der Waals surface area (Å²) in [5, 5.41) is 32.7. The fraction of sp³-hybridized carbons (Fsp3) is 0.349. The predicted octanol–water partition coefficient (Wildman–Crippen LogP) is 8.67. The zero-order valence-electron chi connectivity index (χ0n) is 31.1. The number of aliphatic carboxylic acids is 1. The molecule has 11 nitrogen and oxygen atoms in total. The maximum absolute atomic E-state index is 14.1. The van der Waals surface area contributed by atoms with Crippen LogP contribution in [0, 0.1) is 37.0 Å². The summed E-state index contributed by atoms with van der Waals surface area (Å²) in [6.07, 6.45) is 2.82. The molecule has 2 atom stereocenters. The second-order valence-electron chi connectivity index (χ2n) is 15.1. The first-order valence-electron chi connectivity index (χ1n) is 18.9. The van der Waals surface area contributed by atoms with E-state index in [4.69, 9.17) is 9.40 Å². The number of oxazole rings is 1. The minimum absolute atomic E-state index is 0.183. The number of benzene rings is 3. The van der Waals surface area contributed by atoms with Gasteiger partial charge in [-0.2, -0.15) is 5.26 Å². The molecule has 2 aliphatic rings. The van der Waals surface area contributed by atoms with E-state index in [1.807, 2.05) is 62.4 Å². The molecule has 286 valence electrons. The molecule has 0 amide bonds. The molecule has 3 N–H and O–H groups in total. The van der Waals surface area contributed by atoms with Crippen LogP contribution < -0.4 is 5.32 Å². The highest BCUT2D eigenvalue weighted by atomic mass is 19.3. The number of halogens is 2. The zero-order chi connectivity index (χ0) is 39.1. The van der Waals surface area contributed by atoms with Crippen LogP contribution in [0.2, 0.25) is 0 Å². The van der Waals surface area contributed by atoms with E-state index in [1.165, 1.54) is 0 Å². The monoisotopic (exact) mass is 757 g/mol. The maximum atomic E-state index is 14.1. The molecular formula is C43H41F2N7O4. The molecular weight excluding hydrogens is 717 g/mol. The van der Waals surface area contributed by atoms with Gasteiger partial charge in [0.15, 0.2) is 17.2 Å². The summed E-state index contributed by atoms with van der Waals surface area (Å²) < 4.78 is 34.4. The average Bonchev–Trinajstić information content (AvgIpc) is 3.81. The molecule has 56 heavy (non-hydrogen) atoms. The molecule has 13 heteroatoms. The summed E-state index contributed by atoms with van der Waals surface area (Å²) in [5.74, 6) is -0.788. The summed E-state index contributed by atoms with van der Waals surface area (Å²) in [6, 6.07) is 19.4. The minimum atomic E-state index is -2.88. The van der Waals surface area contributed by atoms with E-state index in [0.29, 0.717) is 90.5 Å². The van der Waals surface area contributed by atoms with Gasteiger partial charge in [0.05, 0.1) is 23.1 Å². The van der Waals surface area contributed by atoms with Crippen LogP contribution in [0.15, 0.2) is 65.2 Å². The number of carboxylic acids is 1. The van der Waals surface area contributed by atoms with Crippen molar-refractivity contribution in [3.63, 3.8) is 0 Å². The molecule has 1 saturated carbocycles. The third-order valence-corrected chi connectivity index (χ3v) is 11.3. The summed E-state index contributed by atoms with van der Waals surface area (Å²) in [4.78, 5) is 31.4. The van der Waals surface area contributed by atoms with Crippen LogP contribution in [-0.2, 0) is 17.8 Å². The van der Waals surface area contributed by atoms with Gasteiger partial charge in [-0.1, -0.05) is 24.3 Å². The first-order chi connectivity index (χ1) is 27.0. The van der Waals surface area contributed by atoms with Gasteiger partial charge in [0.1, 0.15) is 17.1 Å². The van der Waals surface area contributed by atoms with Gasteiger partial charge in [-0.25, -0.2) is 23.7 Å². The molecule has 1 aliphatic carbocycles. The molecule has 1 saturated heterocycles. The smallest absolute Gasteiger partial charge is 0.306 e. The Morgan fingerprint density at radius 3 is 2.41 bits per heavy atom. The number of likely N-dealkylation sites (tertiary alicyclic amines) is 1. The number of nitriles is 1. The number of piperidine rings is 1. The molecule has 1 unspecified atom stereocenters. The number of carbonyl (C=O) groups is 1. The van der Waals surface area contributed by atoms with Crippen molar-refractivity contribution < 1.29 is 28.2 Å². The van der Waals surface area contributed by atoms with Crippen LogP contribution in [0.1, 0.15) is 72.2 Å². The number of hydrogen-bond acceptors (Lipinski definition) is 10. The molecule has 4 heterocycles. The first kappa shape index (κ1) is 37.1. The number of nitrogens with zero attached hydrogens (tertiary/aromatic N) is 6. The maximum Gasteiger partial charge on any atom is 0.306 e. The number of aliphatic hydroxyl groups excluding tert-OH is 1. The number of alkyl halides is 2. The number of aliphatic hydroxyl groups is 1. The quantitative estimate of drug-likeness (QED) is 0.123. The minimum Gasteiger partial charge on any atom is -0.481 e. The van der Waals surface area contributed by atoms with Crippen LogP contribution in [0.5, 0.6) is 0 Å². The predicted molar refractivity (Wildman–Crippen MR) is 207 cm³/mol. The molecule has 3 aromatic carbocycles. The Bertz CT molecular complexity index is 2510. The van der Waals surface area contributed by atoms with E-state index < -0.39 is 18.2 Å². The Labute approximate surface area is 322 Å². The van der Waals surface area contributed by atoms with Gasteiger partial charge in [0.25, 0.3) is 6.43 Å². The van der Waals surface area contributed by atoms with Gasteiger partial charge in [-0.05, 0) is 135 Å². The Kier molecular flexibility index (Phi) is 10.2. The number of pyridine rings is 1. The van der Waals surface area contributed by atoms with Crippen molar-refractivity contribution in [2.45, 2.75) is 71.4 Å². The largest absolute Gasteiger partial charge is 0.481 e. The number of rotatable bonds is 10. The number of aromatic nitrogens is 4. The van der Waals surface area contributed by atoms with Crippen molar-refractivity contribution in [1.29, 1.82) is 5.26 Å². The Morgan fingerprint density at radius 2 is 1.70 bits per heavy atom. The third kappa shape index (κ3) is 7.42. The lowest BCUT2D eigenvalue weighted by atomic mass is 9.93. The van der Waals surface area contributed by atoms with E-state index in [2.05, 4.69) is 31.2 Å². The van der Waals surface area contributed by atoms with Crippen LogP contribution in [0.3, 0.4) is 0 Å². The van der Waals surface area contributed by atoms with Crippen molar-refractivity contribution in [2.75, 3.05) is 18.4 Å². The molecule has 0 radical (unpaired) electrons. The number of carboxylic acid groups (broad SMARTS) is 1. The highest BCUT2D eigenvalue weighted by molar-refractivity contribution is 5.90. The molecule has 3 aromatic heterocycles. The third-order valence-electron chi connectivity index (χ3n) is 11.3. The fourth-order valence-electron chi connectivity index (χ4n) is 8.27. The van der Waals surface area contributed by atoms with E-state index in [-0.39, 0.29) is 17.8 Å². The molecule has 6 aromatic rings. The second-order valence-corrected chi connectivity index (χ2v) is 15.1. The second kappa shape index (κ2) is 15.4. The summed E-state index contributed by atoms with van der Waals surface area (Å²) in [7, 11) is 0. The lowest BCUT2D eigenvalue weighted by Crippen LogP contribution is -2.35. The summed E-state index contributed by atoms with van der Waals surface area (Å²) in [5.41, 5.74) is 8.85. The Hall–Kier alpha value is -5.84. The summed E-state index contributed by atoms with van der Waals surface area (Å²) >= 11 is 0. The molecule has 2 fully saturated rings. The van der Waals surface area contributed by atoms with Crippen molar-refractivity contribution in [1.82, 2.24) is 24.8 Å². The van der Waals surface area contributed by atoms with Crippen LogP contribution in [0.4, 0.5) is 20.3 Å². The number of anilines is 2. The van der Waals surface area contributed by atoms with Gasteiger partial charge < -0.3 is 19.9 Å². The van der Waals surface area contributed by atoms with E-state index >= 15 is 0 Å². The molecule has 0 spiro atoms. The molecule has 8 rings (SSSR count). The molecule has 0 bridgehead atoms. The number of nitrogens with one attached hydrogen (secondary N) is 1. The van der Waals surface area contributed by atoms with Crippen LogP contribution in [-0.4, -0.2) is 60.2 Å². The normalized spacial score (nSPS) is 17.9. The van der Waals surface area contributed by atoms with Gasteiger partial charge >= 0.3 is 5.97 Å². The Balaban J connectivity index is 1.08. The van der Waals surface area contributed by atoms with E-state index in [0.717, 1.165) is 51.8 Å². The van der Waals surface area contributed by atoms with E-state index in [9.17, 15) is 29.1 Å². The van der Waals surface area contributed by atoms with Gasteiger partial charge in [-0.3, -0.25) is 14.7 Å². The fourth-order valence-corrected chi connectivity index (χ4v) is 8.27. The average molecular weight is 758 g/mol. The summed E-state index contributed by atoms with van der Waals surface area (Å²) in [6.45, 7) is 5.85. The standard InChI is InChI=1S/C43H41F2N7O4/c1-23-31(5-3-7-33(23)42-50-36-19-27(16-29(20-46)38(36)56-42)22-52-13-11-28(12-14-52)43(54)55)32-6-4-8-34(24(32)2)48-40-37-35(49-41(51-40)39(44)45)18-26(21-47-37)15-25-9-10-30(53)17-25/h3-8,16,18-19,21,25,28,30,39,53H,9-15,17,22H2,1-2H3,(H,54,55)(H,48,49,51)/t25?,30-/m1/s1. The zero-order valence-corrected chi connectivity index (χ0v) is 31.1. The van der Waals surface area contributed by atoms with Crippen LogP contribution >= 0.6 is 0 Å². The topological polar surface area (TPSA) is 161 Å². The number of fused-ring (bicyclic) bond motifs is 2. The van der Waals surface area contributed by atoms with Crippen molar-refractivity contribution >= 4 is 39.6 Å². The first-order valence-corrected chi connectivity index (χ1v) is 18.9. The van der Waals surface area contributed by atoms with Gasteiger partial charge in [0.2, 0.25) is 5.89 Å². The lowest BCUT2D eigenvalue weighted by Gasteiger charge is -2.30. The van der Waals surface area contributed by atoms with Gasteiger partial charge in [-0.15, -0.1) is 0 Å². The van der Waals surface area contributed by atoms with E-state index in [1.54, 1.807) is 12.3 Å². The lowest BCUT2D eigenvalue weighted by molar-refractivity contribution is -0.143. The van der Waals surface area contributed by atoms with Gasteiger partial charge in [0, 0.05) is 24.0 Å².